The molecule has 0 spiro atoms. The van der Waals surface area contributed by atoms with Crippen molar-refractivity contribution < 1.29 is 0 Å². The molecule has 0 rings (SSSR count). The summed E-state index contributed by atoms with van der Waals surface area (Å²) in [6.45, 7) is 4.29. The Labute approximate surface area is 65.5 Å². The largest absolute Gasteiger partial charge is 0.0906 e. The Morgan fingerprint density at radius 1 is 1.62 bits per heavy atom. The zero-order valence-electron chi connectivity index (χ0n) is 5.52. The van der Waals surface area contributed by atoms with Crippen LogP contribution in [0.1, 0.15) is 26.7 Å². The summed E-state index contributed by atoms with van der Waals surface area (Å²) in [5, 5.41) is 0. The van der Waals surface area contributed by atoms with Crippen molar-refractivity contribution in [2.24, 2.45) is 0 Å². The highest BCUT2D eigenvalue weighted by atomic mass is 127. The van der Waals surface area contributed by atoms with Crippen LogP contribution < -0.4 is 0 Å². The highest BCUT2D eigenvalue weighted by molar-refractivity contribution is 14.1. The van der Waals surface area contributed by atoms with Crippen LogP contribution in [0.25, 0.3) is 0 Å². The molecule has 8 heavy (non-hydrogen) atoms. The van der Waals surface area contributed by atoms with Crippen molar-refractivity contribution in [3.05, 3.63) is 12.2 Å². The van der Waals surface area contributed by atoms with Crippen molar-refractivity contribution in [2.75, 3.05) is 0 Å². The van der Waals surface area contributed by atoms with Gasteiger partial charge in [-0.1, -0.05) is 48.1 Å². The number of halogens is 1. The van der Waals surface area contributed by atoms with E-state index in [0.29, 0.717) is 0 Å². The number of hydrogen-bond donors (Lipinski definition) is 0. The first-order valence-corrected chi connectivity index (χ1v) is 4.32. The van der Waals surface area contributed by atoms with Crippen LogP contribution >= 0.6 is 22.6 Å². The molecule has 0 amide bonds. The van der Waals surface area contributed by atoms with E-state index in [0.717, 1.165) is 3.92 Å². The standard InChI is InChI=1S/C7H13I/c1-3-5-7(8)6-4-2/h3,5,7H,4,6H2,1-2H3/b5-3+. The molecular weight excluding hydrogens is 211 g/mol. The number of allylic oxidation sites excluding steroid dienone is 2. The van der Waals surface area contributed by atoms with Crippen LogP contribution in [0, 0.1) is 0 Å². The van der Waals surface area contributed by atoms with Crippen LogP contribution in [-0.2, 0) is 0 Å². The minimum absolute atomic E-state index is 0.752. The first-order chi connectivity index (χ1) is 3.81. The third kappa shape index (κ3) is 4.62. The van der Waals surface area contributed by atoms with E-state index in [4.69, 9.17) is 0 Å². The molecule has 1 atom stereocenters. The fraction of sp³-hybridized carbons (Fsp3) is 0.714. The predicted octanol–water partition coefficient (Wildman–Crippen LogP) is 3.17. The van der Waals surface area contributed by atoms with Crippen LogP contribution in [0.3, 0.4) is 0 Å². The van der Waals surface area contributed by atoms with Crippen LogP contribution in [0.15, 0.2) is 12.2 Å². The fourth-order valence-electron chi connectivity index (χ4n) is 0.581. The fourth-order valence-corrected chi connectivity index (χ4v) is 1.62. The molecule has 0 aliphatic carbocycles. The Morgan fingerprint density at radius 2 is 2.25 bits per heavy atom. The topological polar surface area (TPSA) is 0 Å². The van der Waals surface area contributed by atoms with Crippen LogP contribution in [0.2, 0.25) is 0 Å². The highest BCUT2D eigenvalue weighted by Crippen LogP contribution is 2.08. The Morgan fingerprint density at radius 3 is 2.62 bits per heavy atom. The van der Waals surface area contributed by atoms with Crippen LogP contribution in [-0.4, -0.2) is 3.92 Å². The van der Waals surface area contributed by atoms with Gasteiger partial charge in [0.05, 0.1) is 0 Å². The zero-order chi connectivity index (χ0) is 6.41. The first-order valence-electron chi connectivity index (χ1n) is 3.08. The molecule has 48 valence electrons. The summed E-state index contributed by atoms with van der Waals surface area (Å²) in [6.07, 6.45) is 6.96. The molecule has 0 aromatic rings. The van der Waals surface area contributed by atoms with Gasteiger partial charge in [-0.3, -0.25) is 0 Å². The minimum atomic E-state index is 0.752. The monoisotopic (exact) mass is 224 g/mol. The van der Waals surface area contributed by atoms with Gasteiger partial charge in [0.1, 0.15) is 0 Å². The molecule has 0 nitrogen and oxygen atoms in total. The van der Waals surface area contributed by atoms with Gasteiger partial charge in [-0.25, -0.2) is 0 Å². The molecule has 0 fully saturated rings. The van der Waals surface area contributed by atoms with Gasteiger partial charge in [-0.2, -0.15) is 0 Å². The third-order valence-electron chi connectivity index (χ3n) is 0.966. The molecule has 0 saturated carbocycles. The van der Waals surface area contributed by atoms with Crippen molar-refractivity contribution in [1.29, 1.82) is 0 Å². The lowest BCUT2D eigenvalue weighted by Crippen LogP contribution is -1.88. The zero-order valence-corrected chi connectivity index (χ0v) is 7.68. The maximum atomic E-state index is 2.45. The van der Waals surface area contributed by atoms with Crippen molar-refractivity contribution in [3.63, 3.8) is 0 Å². The van der Waals surface area contributed by atoms with E-state index in [1.807, 2.05) is 0 Å². The third-order valence-corrected chi connectivity index (χ3v) is 2.00. The Kier molecular flexibility index (Phi) is 5.93. The smallest absolute Gasteiger partial charge is 0.0289 e. The predicted molar refractivity (Wildman–Crippen MR) is 47.5 cm³/mol. The van der Waals surface area contributed by atoms with Gasteiger partial charge < -0.3 is 0 Å². The molecule has 0 aliphatic heterocycles. The molecule has 0 saturated heterocycles. The van der Waals surface area contributed by atoms with Gasteiger partial charge in [0.15, 0.2) is 0 Å². The van der Waals surface area contributed by atoms with Crippen molar-refractivity contribution in [3.8, 4) is 0 Å². The van der Waals surface area contributed by atoms with E-state index in [-0.39, 0.29) is 0 Å². The van der Waals surface area contributed by atoms with Crippen LogP contribution in [0.4, 0.5) is 0 Å². The van der Waals surface area contributed by atoms with E-state index >= 15 is 0 Å². The summed E-state index contributed by atoms with van der Waals surface area (Å²) >= 11 is 2.45. The van der Waals surface area contributed by atoms with Gasteiger partial charge in [0, 0.05) is 3.92 Å². The van der Waals surface area contributed by atoms with E-state index in [2.05, 4.69) is 48.6 Å². The van der Waals surface area contributed by atoms with Crippen LogP contribution in [0.5, 0.6) is 0 Å². The average Bonchev–Trinajstić information content (AvgIpc) is 1.68. The van der Waals surface area contributed by atoms with Gasteiger partial charge in [0.25, 0.3) is 0 Å². The van der Waals surface area contributed by atoms with Gasteiger partial charge in [-0.15, -0.1) is 0 Å². The number of rotatable bonds is 3. The van der Waals surface area contributed by atoms with Gasteiger partial charge >= 0.3 is 0 Å². The van der Waals surface area contributed by atoms with Crippen molar-refractivity contribution in [2.45, 2.75) is 30.6 Å². The number of hydrogen-bond acceptors (Lipinski definition) is 0. The second-order valence-electron chi connectivity index (χ2n) is 1.83. The molecule has 1 heteroatoms. The summed E-state index contributed by atoms with van der Waals surface area (Å²) in [4.78, 5) is 0. The normalized spacial score (nSPS) is 14.9. The van der Waals surface area contributed by atoms with Gasteiger partial charge in [0.2, 0.25) is 0 Å². The Balaban J connectivity index is 3.17. The van der Waals surface area contributed by atoms with Crippen molar-refractivity contribution >= 4 is 22.6 Å². The van der Waals surface area contributed by atoms with Crippen molar-refractivity contribution in [1.82, 2.24) is 0 Å². The lowest BCUT2D eigenvalue weighted by atomic mass is 10.2. The second-order valence-corrected chi connectivity index (χ2v) is 3.43. The quantitative estimate of drug-likeness (QED) is 0.392. The average molecular weight is 224 g/mol. The first kappa shape index (κ1) is 8.47. The SMILES string of the molecule is C/C=C/C(I)CCC. The molecule has 0 radical (unpaired) electrons. The summed E-state index contributed by atoms with van der Waals surface area (Å²) in [7, 11) is 0. The summed E-state index contributed by atoms with van der Waals surface area (Å²) < 4.78 is 0.752. The maximum Gasteiger partial charge on any atom is 0.0289 e. The Bertz CT molecular complexity index is 66.8. The van der Waals surface area contributed by atoms with E-state index in [1.165, 1.54) is 12.8 Å². The molecule has 0 heterocycles. The van der Waals surface area contributed by atoms with Gasteiger partial charge in [-0.05, 0) is 13.3 Å². The Hall–Kier alpha value is 0.470. The summed E-state index contributed by atoms with van der Waals surface area (Å²) in [5.41, 5.74) is 0. The molecule has 0 bridgehead atoms. The summed E-state index contributed by atoms with van der Waals surface area (Å²) in [5.74, 6) is 0. The lowest BCUT2D eigenvalue weighted by molar-refractivity contribution is 0.844. The molecule has 0 aromatic heterocycles. The maximum absolute atomic E-state index is 2.45. The number of alkyl halides is 1. The molecular formula is C7H13I. The van der Waals surface area contributed by atoms with E-state index in [1.54, 1.807) is 0 Å². The highest BCUT2D eigenvalue weighted by Gasteiger charge is 1.92. The molecule has 0 aromatic carbocycles. The van der Waals surface area contributed by atoms with E-state index in [9.17, 15) is 0 Å². The van der Waals surface area contributed by atoms with E-state index < -0.39 is 0 Å². The lowest BCUT2D eigenvalue weighted by Gasteiger charge is -1.97. The molecule has 1 unspecified atom stereocenters. The summed E-state index contributed by atoms with van der Waals surface area (Å²) in [6, 6.07) is 0. The minimum Gasteiger partial charge on any atom is -0.0906 e. The second kappa shape index (κ2) is 5.60. The molecule has 0 N–H and O–H groups in total. The molecule has 0 aliphatic rings.